The molecule has 6 nitrogen and oxygen atoms in total. The summed E-state index contributed by atoms with van der Waals surface area (Å²) in [5, 5.41) is 11.1. The molecule has 0 spiro atoms. The van der Waals surface area contributed by atoms with E-state index in [4.69, 9.17) is 0 Å². The Bertz CT molecular complexity index is 761. The third-order valence-corrected chi connectivity index (χ3v) is 3.47. The number of anilines is 1. The fraction of sp³-hybridized carbons (Fsp3) is 0.0714. The molecule has 0 bridgehead atoms. The highest BCUT2D eigenvalue weighted by atomic mass is 79.9. The summed E-state index contributed by atoms with van der Waals surface area (Å²) in [6.45, 7) is 0. The first-order chi connectivity index (χ1) is 10.1. The normalized spacial score (nSPS) is 10.6. The molecular formula is C14H12BrN5O. The van der Waals surface area contributed by atoms with Crippen LogP contribution >= 0.6 is 15.9 Å². The Balaban J connectivity index is 1.76. The van der Waals surface area contributed by atoms with E-state index in [-0.39, 0.29) is 5.91 Å². The lowest BCUT2D eigenvalue weighted by atomic mass is 10.2. The van der Waals surface area contributed by atoms with Gasteiger partial charge in [-0.05, 0) is 46.3 Å². The number of aryl methyl sites for hydroxylation is 1. The fourth-order valence-electron chi connectivity index (χ4n) is 1.92. The largest absolute Gasteiger partial charge is 0.321 e. The van der Waals surface area contributed by atoms with Crippen molar-refractivity contribution in [3.63, 3.8) is 0 Å². The molecule has 2 heterocycles. The SMILES string of the molecule is Cn1cc(Br)c(C(=O)Nc2ccc(-n3cccn3)cc2)n1. The lowest BCUT2D eigenvalue weighted by molar-refractivity contribution is 0.102. The van der Waals surface area contributed by atoms with Crippen LogP contribution in [-0.4, -0.2) is 25.5 Å². The molecular weight excluding hydrogens is 334 g/mol. The van der Waals surface area contributed by atoms with E-state index in [0.717, 1.165) is 5.69 Å². The number of rotatable bonds is 3. The van der Waals surface area contributed by atoms with Crippen molar-refractivity contribution in [3.05, 3.63) is 59.1 Å². The van der Waals surface area contributed by atoms with E-state index in [1.807, 2.05) is 36.5 Å². The molecule has 0 aliphatic heterocycles. The third-order valence-electron chi connectivity index (χ3n) is 2.89. The van der Waals surface area contributed by atoms with Crippen molar-refractivity contribution in [2.75, 3.05) is 5.32 Å². The first-order valence-electron chi connectivity index (χ1n) is 6.24. The highest BCUT2D eigenvalue weighted by molar-refractivity contribution is 9.10. The Morgan fingerprint density at radius 1 is 1.29 bits per heavy atom. The lowest BCUT2D eigenvalue weighted by Gasteiger charge is -2.05. The van der Waals surface area contributed by atoms with Crippen LogP contribution in [0.25, 0.3) is 5.69 Å². The van der Waals surface area contributed by atoms with Gasteiger partial charge in [0.05, 0.1) is 10.2 Å². The van der Waals surface area contributed by atoms with Gasteiger partial charge < -0.3 is 5.32 Å². The molecule has 3 aromatic rings. The molecule has 1 N–H and O–H groups in total. The van der Waals surface area contributed by atoms with Gasteiger partial charge in [0.1, 0.15) is 0 Å². The number of halogens is 1. The predicted molar refractivity (Wildman–Crippen MR) is 82.4 cm³/mol. The van der Waals surface area contributed by atoms with Crippen LogP contribution in [0, 0.1) is 0 Å². The fourth-order valence-corrected chi connectivity index (χ4v) is 2.48. The molecule has 106 valence electrons. The molecule has 0 saturated carbocycles. The van der Waals surface area contributed by atoms with Gasteiger partial charge in [0.25, 0.3) is 5.91 Å². The maximum atomic E-state index is 12.1. The van der Waals surface area contributed by atoms with Crippen LogP contribution in [0.2, 0.25) is 0 Å². The summed E-state index contributed by atoms with van der Waals surface area (Å²) in [7, 11) is 1.76. The van der Waals surface area contributed by atoms with Crippen molar-refractivity contribution >= 4 is 27.5 Å². The molecule has 0 unspecified atom stereocenters. The second kappa shape index (κ2) is 5.53. The van der Waals surface area contributed by atoms with Crippen molar-refractivity contribution in [3.8, 4) is 5.69 Å². The van der Waals surface area contributed by atoms with E-state index >= 15 is 0 Å². The molecule has 1 amide bonds. The number of carbonyl (C=O) groups excluding carboxylic acids is 1. The molecule has 0 saturated heterocycles. The summed E-state index contributed by atoms with van der Waals surface area (Å²) >= 11 is 3.31. The van der Waals surface area contributed by atoms with Crippen LogP contribution in [0.5, 0.6) is 0 Å². The topological polar surface area (TPSA) is 64.7 Å². The van der Waals surface area contributed by atoms with Gasteiger partial charge in [-0.3, -0.25) is 9.48 Å². The Hall–Kier alpha value is -2.41. The lowest BCUT2D eigenvalue weighted by Crippen LogP contribution is -2.13. The molecule has 7 heteroatoms. The van der Waals surface area contributed by atoms with Crippen LogP contribution in [0.1, 0.15) is 10.5 Å². The molecule has 0 atom stereocenters. The van der Waals surface area contributed by atoms with Crippen LogP contribution in [0.3, 0.4) is 0 Å². The zero-order chi connectivity index (χ0) is 14.8. The Morgan fingerprint density at radius 2 is 2.05 bits per heavy atom. The van der Waals surface area contributed by atoms with Gasteiger partial charge in [-0.1, -0.05) is 0 Å². The molecule has 1 aromatic carbocycles. The van der Waals surface area contributed by atoms with Crippen molar-refractivity contribution < 1.29 is 4.79 Å². The van der Waals surface area contributed by atoms with E-state index in [0.29, 0.717) is 15.9 Å². The molecule has 21 heavy (non-hydrogen) atoms. The van der Waals surface area contributed by atoms with Gasteiger partial charge in [0.2, 0.25) is 0 Å². The number of carbonyl (C=O) groups is 1. The van der Waals surface area contributed by atoms with Crippen molar-refractivity contribution in [2.24, 2.45) is 7.05 Å². The summed E-state index contributed by atoms with van der Waals surface area (Å²) in [5.41, 5.74) is 1.99. The number of amides is 1. The molecule has 2 aromatic heterocycles. The Morgan fingerprint density at radius 3 is 2.62 bits per heavy atom. The van der Waals surface area contributed by atoms with E-state index in [2.05, 4.69) is 31.4 Å². The summed E-state index contributed by atoms with van der Waals surface area (Å²) in [6, 6.07) is 9.28. The molecule has 0 aliphatic rings. The van der Waals surface area contributed by atoms with Gasteiger partial charge in [-0.2, -0.15) is 10.2 Å². The van der Waals surface area contributed by atoms with Crippen molar-refractivity contribution in [1.29, 1.82) is 0 Å². The monoisotopic (exact) mass is 345 g/mol. The van der Waals surface area contributed by atoms with Crippen molar-refractivity contribution in [2.45, 2.75) is 0 Å². The number of aromatic nitrogens is 4. The molecule has 0 radical (unpaired) electrons. The Kier molecular flexibility index (Phi) is 3.57. The third kappa shape index (κ3) is 2.87. The minimum absolute atomic E-state index is 0.255. The van der Waals surface area contributed by atoms with Crippen LogP contribution in [0.15, 0.2) is 53.4 Å². The molecule has 0 aliphatic carbocycles. The van der Waals surface area contributed by atoms with Crippen LogP contribution in [-0.2, 0) is 7.05 Å². The van der Waals surface area contributed by atoms with E-state index in [9.17, 15) is 4.79 Å². The van der Waals surface area contributed by atoms with Crippen molar-refractivity contribution in [1.82, 2.24) is 19.6 Å². The number of nitrogens with one attached hydrogen (secondary N) is 1. The first-order valence-corrected chi connectivity index (χ1v) is 7.03. The summed E-state index contributed by atoms with van der Waals surface area (Å²) in [6.07, 6.45) is 5.31. The average molecular weight is 346 g/mol. The minimum atomic E-state index is -0.255. The highest BCUT2D eigenvalue weighted by Crippen LogP contribution is 2.17. The van der Waals surface area contributed by atoms with Gasteiger partial charge >= 0.3 is 0 Å². The Labute approximate surface area is 129 Å². The minimum Gasteiger partial charge on any atom is -0.321 e. The van der Waals surface area contributed by atoms with E-state index in [1.165, 1.54) is 0 Å². The second-order valence-corrected chi connectivity index (χ2v) is 5.31. The quantitative estimate of drug-likeness (QED) is 0.793. The number of benzene rings is 1. The predicted octanol–water partition coefficient (Wildman–Crippen LogP) is 2.62. The summed E-state index contributed by atoms with van der Waals surface area (Å²) < 4.78 is 4.00. The first kappa shape index (κ1) is 13.6. The van der Waals surface area contributed by atoms with Gasteiger partial charge in [-0.25, -0.2) is 4.68 Å². The van der Waals surface area contributed by atoms with E-state index < -0.39 is 0 Å². The zero-order valence-electron chi connectivity index (χ0n) is 11.2. The maximum Gasteiger partial charge on any atom is 0.277 e. The number of hydrogen-bond acceptors (Lipinski definition) is 3. The summed E-state index contributed by atoms with van der Waals surface area (Å²) in [4.78, 5) is 12.1. The highest BCUT2D eigenvalue weighted by Gasteiger charge is 2.14. The van der Waals surface area contributed by atoms with E-state index in [1.54, 1.807) is 28.8 Å². The number of hydrogen-bond donors (Lipinski definition) is 1. The van der Waals surface area contributed by atoms with Gasteiger partial charge in [-0.15, -0.1) is 0 Å². The number of nitrogens with zero attached hydrogens (tertiary/aromatic N) is 4. The van der Waals surface area contributed by atoms with Crippen LogP contribution < -0.4 is 5.32 Å². The van der Waals surface area contributed by atoms with Crippen LogP contribution in [0.4, 0.5) is 5.69 Å². The average Bonchev–Trinajstić information content (AvgIpc) is 3.09. The smallest absolute Gasteiger partial charge is 0.277 e. The zero-order valence-corrected chi connectivity index (χ0v) is 12.8. The molecule has 0 fully saturated rings. The second-order valence-electron chi connectivity index (χ2n) is 4.45. The standard InChI is InChI=1S/C14H12BrN5O/c1-19-9-12(15)13(18-19)14(21)17-10-3-5-11(6-4-10)20-8-2-7-16-20/h2-9H,1H3,(H,17,21). The molecule has 3 rings (SSSR count). The maximum absolute atomic E-state index is 12.1. The van der Waals surface area contributed by atoms with Gasteiger partial charge in [0, 0.05) is 31.3 Å². The van der Waals surface area contributed by atoms with Gasteiger partial charge in [0.15, 0.2) is 5.69 Å². The summed E-state index contributed by atoms with van der Waals surface area (Å²) in [5.74, 6) is -0.255.